The second-order valence-corrected chi connectivity index (χ2v) is 17.5. The second-order valence-electron chi connectivity index (χ2n) is 15.6. The van der Waals surface area contributed by atoms with E-state index in [1.165, 1.54) is 91.0 Å². The standard InChI is InChI=1S/C22H27NOS.C22H29NS.Al.Li.4H/c1-3-4-5-6-12-23-15-18-20(21(23)24)22(18,2)17-10-7-9-16(14-17)19-11-8-13-25-19;1-3-4-5-6-12-23-15-19-20(16-23)22(19,2)18-10-7-9-17(14-18)21-11-8-13-24-21;;;;;;/h7-11,13-14,18,20H,3-6,12,15H2,1-2H3;7-11,13-14,19-20H,3-6,12,15-16H2,1-2H3;;;;;;/q;;;+1;;;;-1. The first-order valence-electron chi connectivity index (χ1n) is 19.2. The molecule has 51 heavy (non-hydrogen) atoms. The molecule has 4 heterocycles. The molecule has 2 saturated heterocycles. The van der Waals surface area contributed by atoms with Gasteiger partial charge in [-0.2, -0.15) is 0 Å². The van der Waals surface area contributed by atoms with E-state index in [9.17, 15) is 4.79 Å². The molecule has 3 nitrogen and oxygen atoms in total. The average molecular weight is 731 g/mol. The predicted molar refractivity (Wildman–Crippen MR) is 221 cm³/mol. The van der Waals surface area contributed by atoms with Crippen LogP contribution < -0.4 is 18.9 Å². The van der Waals surface area contributed by atoms with Gasteiger partial charge < -0.3 is 11.2 Å². The number of rotatable bonds is 14. The van der Waals surface area contributed by atoms with Crippen LogP contribution in [0.4, 0.5) is 0 Å². The molecule has 4 fully saturated rings. The fourth-order valence-electron chi connectivity index (χ4n) is 9.41. The Balaban J connectivity index is 0.000000220. The predicted octanol–water partition coefficient (Wildman–Crippen LogP) is 7.09. The molecule has 4 aromatic rings. The quantitative estimate of drug-likeness (QED) is 0.102. The molecule has 268 valence electrons. The summed E-state index contributed by atoms with van der Waals surface area (Å²) < 4.78 is 0. The van der Waals surface area contributed by atoms with Crippen LogP contribution in [0.2, 0.25) is 0 Å². The smallest absolute Gasteiger partial charge is 1.00 e. The minimum Gasteiger partial charge on any atom is -1.00 e. The van der Waals surface area contributed by atoms with Gasteiger partial charge in [-0.25, -0.2) is 0 Å². The van der Waals surface area contributed by atoms with Crippen molar-refractivity contribution >= 4 is 45.9 Å². The summed E-state index contributed by atoms with van der Waals surface area (Å²) in [6, 6.07) is 26.8. The molecule has 0 bridgehead atoms. The summed E-state index contributed by atoms with van der Waals surface area (Å²) in [5.74, 6) is 2.86. The largest absolute Gasteiger partial charge is 1.00 e. The Labute approximate surface area is 340 Å². The normalized spacial score (nSPS) is 27.1. The maximum atomic E-state index is 12.8. The van der Waals surface area contributed by atoms with Crippen LogP contribution in [0, 0.1) is 23.7 Å². The first-order chi connectivity index (χ1) is 23.9. The Kier molecular flexibility index (Phi) is 14.1. The Bertz CT molecular complexity index is 1690. The van der Waals surface area contributed by atoms with E-state index in [1.54, 1.807) is 16.9 Å². The van der Waals surface area contributed by atoms with Crippen LogP contribution in [0.1, 0.15) is 91.6 Å². The summed E-state index contributed by atoms with van der Waals surface area (Å²) in [6.07, 6.45) is 10.5. The molecule has 2 aromatic carbocycles. The van der Waals surface area contributed by atoms with Gasteiger partial charge in [0.25, 0.3) is 0 Å². The van der Waals surface area contributed by atoms with E-state index in [-0.39, 0.29) is 49.0 Å². The number of carbonyl (C=O) groups excluding carboxylic acids is 1. The molecule has 4 aliphatic rings. The first-order valence-corrected chi connectivity index (χ1v) is 21.0. The van der Waals surface area contributed by atoms with Gasteiger partial charge in [0.05, 0.1) is 5.92 Å². The van der Waals surface area contributed by atoms with Crippen molar-refractivity contribution in [3.63, 3.8) is 0 Å². The third kappa shape index (κ3) is 8.25. The van der Waals surface area contributed by atoms with Gasteiger partial charge in [-0.15, -0.1) is 22.7 Å². The van der Waals surface area contributed by atoms with E-state index in [0.29, 0.717) is 17.2 Å². The fraction of sp³-hybridized carbons (Fsp3) is 0.523. The summed E-state index contributed by atoms with van der Waals surface area (Å²) in [5.41, 5.74) is 6.05. The van der Waals surface area contributed by atoms with E-state index in [2.05, 4.69) is 121 Å². The second kappa shape index (κ2) is 17.7. The summed E-state index contributed by atoms with van der Waals surface area (Å²) in [6.45, 7) is 15.2. The van der Waals surface area contributed by atoms with E-state index >= 15 is 0 Å². The molecular weight excluding hydrogens is 671 g/mol. The van der Waals surface area contributed by atoms with Gasteiger partial charge in [-0.05, 0) is 94.4 Å². The van der Waals surface area contributed by atoms with Gasteiger partial charge in [0.2, 0.25) is 5.91 Å². The van der Waals surface area contributed by atoms with Gasteiger partial charge in [-0.3, -0.25) is 4.79 Å². The molecule has 2 saturated carbocycles. The maximum absolute atomic E-state index is 12.8. The molecule has 0 spiro atoms. The van der Waals surface area contributed by atoms with E-state index in [4.69, 9.17) is 0 Å². The number of carbonyl (C=O) groups is 1. The Hall–Kier alpha value is -1.60. The number of thiophene rings is 2. The molecule has 5 atom stereocenters. The molecule has 7 heteroatoms. The Morgan fingerprint density at radius 2 is 1.20 bits per heavy atom. The molecule has 2 aliphatic heterocycles. The summed E-state index contributed by atoms with van der Waals surface area (Å²) in [7, 11) is 0. The number of unbranched alkanes of at least 4 members (excludes halogenated alkanes) is 6. The minimum atomic E-state index is 0. The SMILES string of the molecule is CCCCCCN1CC2C(C1)C2(C)c1cccc(-c2cccs2)c1.CCCCCCN1CC2C(C1=O)C2(C)c1cccc(-c2cccs2)c1.[AlH3].[H-].[Li+]. The Morgan fingerprint density at radius 3 is 1.67 bits per heavy atom. The zero-order valence-corrected chi connectivity index (χ0v) is 32.8. The minimum absolute atomic E-state index is 0. The van der Waals surface area contributed by atoms with Gasteiger partial charge in [0, 0.05) is 46.8 Å². The Morgan fingerprint density at radius 1 is 0.667 bits per heavy atom. The number of amides is 1. The molecular formula is C44H60AlLiN2OS2. The van der Waals surface area contributed by atoms with Gasteiger partial charge >= 0.3 is 18.9 Å². The summed E-state index contributed by atoms with van der Waals surface area (Å²) in [5, 5.41) is 4.29. The third-order valence-corrected chi connectivity index (χ3v) is 14.6. The van der Waals surface area contributed by atoms with Crippen LogP contribution in [0.3, 0.4) is 0 Å². The van der Waals surface area contributed by atoms with Crippen LogP contribution in [0.15, 0.2) is 83.6 Å². The average Bonchev–Trinajstić information content (AvgIpc) is 3.67. The van der Waals surface area contributed by atoms with Crippen molar-refractivity contribution in [3.8, 4) is 20.9 Å². The van der Waals surface area contributed by atoms with Gasteiger partial charge in [0.15, 0.2) is 17.4 Å². The van der Waals surface area contributed by atoms with Gasteiger partial charge in [-0.1, -0.05) is 115 Å². The molecule has 2 aromatic heterocycles. The molecule has 5 unspecified atom stereocenters. The van der Waals surface area contributed by atoms with Crippen molar-refractivity contribution in [2.45, 2.75) is 89.9 Å². The van der Waals surface area contributed by atoms with Crippen LogP contribution in [0.25, 0.3) is 20.9 Å². The number of hydrogen-bond acceptors (Lipinski definition) is 4. The third-order valence-electron chi connectivity index (χ3n) is 12.7. The van der Waals surface area contributed by atoms with Crippen molar-refractivity contribution in [1.82, 2.24) is 9.80 Å². The zero-order chi connectivity index (χ0) is 34.0. The maximum Gasteiger partial charge on any atom is 1.00 e. The van der Waals surface area contributed by atoms with E-state index < -0.39 is 0 Å². The molecule has 0 N–H and O–H groups in total. The van der Waals surface area contributed by atoms with Crippen molar-refractivity contribution < 1.29 is 25.1 Å². The molecule has 2 aliphatic carbocycles. The van der Waals surface area contributed by atoms with Crippen LogP contribution >= 0.6 is 22.7 Å². The summed E-state index contributed by atoms with van der Waals surface area (Å²) >= 11 is 3.62. The topological polar surface area (TPSA) is 23.6 Å². The van der Waals surface area contributed by atoms with E-state index in [0.717, 1.165) is 31.3 Å². The van der Waals surface area contributed by atoms with Gasteiger partial charge in [0.1, 0.15) is 0 Å². The number of piperidine rings is 2. The molecule has 8 rings (SSSR count). The van der Waals surface area contributed by atoms with Crippen LogP contribution in [-0.2, 0) is 15.6 Å². The van der Waals surface area contributed by atoms with Crippen molar-refractivity contribution in [2.24, 2.45) is 23.7 Å². The number of benzene rings is 2. The van der Waals surface area contributed by atoms with Crippen molar-refractivity contribution in [2.75, 3.05) is 32.7 Å². The van der Waals surface area contributed by atoms with Crippen LogP contribution in [-0.4, -0.2) is 65.8 Å². The molecule has 0 radical (unpaired) electrons. The van der Waals surface area contributed by atoms with Crippen molar-refractivity contribution in [3.05, 3.63) is 94.7 Å². The number of hydrogen-bond donors (Lipinski definition) is 0. The number of likely N-dealkylation sites (tertiary alicyclic amines) is 2. The first kappa shape index (κ1) is 40.6. The fourth-order valence-corrected chi connectivity index (χ4v) is 10.9. The number of nitrogens with zero attached hydrogens (tertiary/aromatic N) is 2. The van der Waals surface area contributed by atoms with Crippen molar-refractivity contribution in [1.29, 1.82) is 0 Å². The van der Waals surface area contributed by atoms with Crippen LogP contribution in [0.5, 0.6) is 0 Å². The molecule has 1 amide bonds. The van der Waals surface area contributed by atoms with E-state index in [1.807, 2.05) is 11.3 Å². The zero-order valence-electron chi connectivity index (χ0n) is 32.2. The monoisotopic (exact) mass is 730 g/mol. The summed E-state index contributed by atoms with van der Waals surface area (Å²) in [4.78, 5) is 20.4. The number of fused-ring (bicyclic) bond motifs is 2.